The molecule has 3 N–H and O–H groups in total. The molecule has 5 nitrogen and oxygen atoms in total. The second-order valence-corrected chi connectivity index (χ2v) is 5.07. The van der Waals surface area contributed by atoms with Gasteiger partial charge in [-0.05, 0) is 43.5 Å². The average molecular weight is 286 g/mol. The van der Waals surface area contributed by atoms with Gasteiger partial charge in [-0.25, -0.2) is 4.98 Å². The third kappa shape index (κ3) is 3.84. The number of nitrogens with one attached hydrogen (secondary N) is 1. The second-order valence-electron chi connectivity index (χ2n) is 5.07. The lowest BCUT2D eigenvalue weighted by Crippen LogP contribution is -2.07. The lowest BCUT2D eigenvalue weighted by molar-refractivity contribution is 0.464. The minimum Gasteiger partial charge on any atom is -0.437 e. The first-order valence-electron chi connectivity index (χ1n) is 7.21. The summed E-state index contributed by atoms with van der Waals surface area (Å²) in [4.78, 5) is 8.27. The van der Waals surface area contributed by atoms with Crippen LogP contribution >= 0.6 is 0 Å². The van der Waals surface area contributed by atoms with E-state index in [1.807, 2.05) is 25.1 Å². The van der Waals surface area contributed by atoms with Crippen LogP contribution in [0.5, 0.6) is 11.6 Å². The number of ether oxygens (including phenoxy) is 1. The maximum Gasteiger partial charge on any atom is 0.248 e. The number of nitrogens with two attached hydrogens (primary N) is 1. The van der Waals surface area contributed by atoms with Gasteiger partial charge in [-0.3, -0.25) is 0 Å². The maximum atomic E-state index is 6.07. The number of anilines is 2. The molecule has 0 unspecified atom stereocenters. The summed E-state index contributed by atoms with van der Waals surface area (Å²) in [5.41, 5.74) is 8.90. The molecule has 0 amide bonds. The van der Waals surface area contributed by atoms with E-state index in [1.165, 1.54) is 17.5 Å². The van der Waals surface area contributed by atoms with Crippen molar-refractivity contribution in [2.24, 2.45) is 0 Å². The van der Waals surface area contributed by atoms with Crippen LogP contribution in [0.1, 0.15) is 30.9 Å². The van der Waals surface area contributed by atoms with Crippen LogP contribution in [0.2, 0.25) is 0 Å². The first-order valence-corrected chi connectivity index (χ1v) is 7.21. The SMILES string of the molecule is CCCCNc1ncnc(Oc2ccc(C)c(C)c2)c1N. The molecular weight excluding hydrogens is 264 g/mol. The summed E-state index contributed by atoms with van der Waals surface area (Å²) >= 11 is 0. The zero-order chi connectivity index (χ0) is 15.2. The van der Waals surface area contributed by atoms with Gasteiger partial charge < -0.3 is 15.8 Å². The molecule has 0 radical (unpaired) electrons. The molecule has 0 atom stereocenters. The quantitative estimate of drug-likeness (QED) is 0.792. The van der Waals surface area contributed by atoms with Gasteiger partial charge in [0.05, 0.1) is 0 Å². The number of unbranched alkanes of at least 4 members (excludes halogenated alkanes) is 1. The molecule has 0 aliphatic carbocycles. The van der Waals surface area contributed by atoms with Crippen LogP contribution < -0.4 is 15.8 Å². The third-order valence-corrected chi connectivity index (χ3v) is 3.36. The van der Waals surface area contributed by atoms with E-state index in [0.29, 0.717) is 17.4 Å². The molecule has 0 bridgehead atoms. The zero-order valence-electron chi connectivity index (χ0n) is 12.8. The molecule has 5 heteroatoms. The Morgan fingerprint density at radius 3 is 2.71 bits per heavy atom. The number of benzene rings is 1. The van der Waals surface area contributed by atoms with E-state index >= 15 is 0 Å². The van der Waals surface area contributed by atoms with Crippen molar-refractivity contribution in [3.63, 3.8) is 0 Å². The fourth-order valence-electron chi connectivity index (χ4n) is 1.87. The van der Waals surface area contributed by atoms with Gasteiger partial charge in [0.25, 0.3) is 0 Å². The molecule has 0 spiro atoms. The van der Waals surface area contributed by atoms with Gasteiger partial charge >= 0.3 is 0 Å². The Kier molecular flexibility index (Phi) is 4.98. The number of hydrogen-bond acceptors (Lipinski definition) is 5. The zero-order valence-corrected chi connectivity index (χ0v) is 12.8. The molecule has 0 aliphatic heterocycles. The summed E-state index contributed by atoms with van der Waals surface area (Å²) in [6.45, 7) is 7.08. The molecule has 21 heavy (non-hydrogen) atoms. The van der Waals surface area contributed by atoms with Gasteiger partial charge in [0, 0.05) is 6.54 Å². The number of nitrogens with zero attached hydrogens (tertiary/aromatic N) is 2. The van der Waals surface area contributed by atoms with E-state index in [4.69, 9.17) is 10.5 Å². The van der Waals surface area contributed by atoms with Gasteiger partial charge in [-0.1, -0.05) is 19.4 Å². The van der Waals surface area contributed by atoms with Crippen molar-refractivity contribution in [2.75, 3.05) is 17.6 Å². The highest BCUT2D eigenvalue weighted by molar-refractivity contribution is 5.66. The standard InChI is InChI=1S/C16H22N4O/c1-4-5-8-18-15-14(17)16(20-10-19-15)21-13-7-6-11(2)12(3)9-13/h6-7,9-10H,4-5,8,17H2,1-3H3,(H,18,19,20). The van der Waals surface area contributed by atoms with E-state index in [0.717, 1.165) is 25.1 Å². The normalized spacial score (nSPS) is 10.4. The molecular formula is C16H22N4O. The molecule has 1 aromatic heterocycles. The summed E-state index contributed by atoms with van der Waals surface area (Å²) < 4.78 is 5.78. The Balaban J connectivity index is 2.16. The van der Waals surface area contributed by atoms with Gasteiger partial charge in [-0.2, -0.15) is 4.98 Å². The highest BCUT2D eigenvalue weighted by Gasteiger charge is 2.10. The molecule has 1 aromatic carbocycles. The number of nitrogen functional groups attached to an aromatic ring is 1. The minimum absolute atomic E-state index is 0.382. The molecule has 0 aliphatic rings. The van der Waals surface area contributed by atoms with Gasteiger partial charge in [0.2, 0.25) is 5.88 Å². The Morgan fingerprint density at radius 2 is 2.00 bits per heavy atom. The minimum atomic E-state index is 0.382. The largest absolute Gasteiger partial charge is 0.437 e. The van der Waals surface area contributed by atoms with E-state index < -0.39 is 0 Å². The van der Waals surface area contributed by atoms with Crippen molar-refractivity contribution in [1.82, 2.24) is 9.97 Å². The van der Waals surface area contributed by atoms with Crippen LogP contribution in [0.4, 0.5) is 11.5 Å². The van der Waals surface area contributed by atoms with Gasteiger partial charge in [-0.15, -0.1) is 0 Å². The first-order chi connectivity index (χ1) is 10.1. The van der Waals surface area contributed by atoms with Crippen LogP contribution in [-0.4, -0.2) is 16.5 Å². The summed E-state index contributed by atoms with van der Waals surface area (Å²) in [5, 5.41) is 3.20. The number of aromatic nitrogens is 2. The fourth-order valence-corrected chi connectivity index (χ4v) is 1.87. The van der Waals surface area contributed by atoms with Crippen molar-refractivity contribution in [2.45, 2.75) is 33.6 Å². The lowest BCUT2D eigenvalue weighted by Gasteiger charge is -2.12. The Bertz CT molecular complexity index is 613. The molecule has 2 aromatic rings. The van der Waals surface area contributed by atoms with Crippen LogP contribution in [-0.2, 0) is 0 Å². The average Bonchev–Trinajstić information content (AvgIpc) is 2.47. The van der Waals surface area contributed by atoms with E-state index in [-0.39, 0.29) is 0 Å². The number of rotatable bonds is 6. The van der Waals surface area contributed by atoms with Crippen LogP contribution in [0.3, 0.4) is 0 Å². The van der Waals surface area contributed by atoms with Crippen LogP contribution in [0.25, 0.3) is 0 Å². The van der Waals surface area contributed by atoms with Crippen molar-refractivity contribution in [1.29, 1.82) is 0 Å². The van der Waals surface area contributed by atoms with Crippen molar-refractivity contribution in [3.8, 4) is 11.6 Å². The lowest BCUT2D eigenvalue weighted by atomic mass is 10.1. The highest BCUT2D eigenvalue weighted by atomic mass is 16.5. The second kappa shape index (κ2) is 6.92. The summed E-state index contributed by atoms with van der Waals surface area (Å²) in [6.07, 6.45) is 3.64. The molecule has 0 saturated carbocycles. The maximum absolute atomic E-state index is 6.07. The van der Waals surface area contributed by atoms with Crippen molar-refractivity contribution in [3.05, 3.63) is 35.7 Å². The Labute approximate surface area is 125 Å². The van der Waals surface area contributed by atoms with Gasteiger partial charge in [0.1, 0.15) is 17.8 Å². The Morgan fingerprint density at radius 1 is 1.19 bits per heavy atom. The molecule has 2 rings (SSSR count). The molecule has 1 heterocycles. The number of aryl methyl sites for hydroxylation is 2. The van der Waals surface area contributed by atoms with E-state index in [1.54, 1.807) is 0 Å². The first kappa shape index (κ1) is 15.1. The van der Waals surface area contributed by atoms with E-state index in [9.17, 15) is 0 Å². The Hall–Kier alpha value is -2.30. The monoisotopic (exact) mass is 286 g/mol. The fraction of sp³-hybridized carbons (Fsp3) is 0.375. The smallest absolute Gasteiger partial charge is 0.248 e. The molecule has 112 valence electrons. The summed E-state index contributed by atoms with van der Waals surface area (Å²) in [6, 6.07) is 5.90. The number of hydrogen-bond donors (Lipinski definition) is 2. The molecule has 0 saturated heterocycles. The van der Waals surface area contributed by atoms with Crippen LogP contribution in [0.15, 0.2) is 24.5 Å². The van der Waals surface area contributed by atoms with E-state index in [2.05, 4.69) is 29.1 Å². The highest BCUT2D eigenvalue weighted by Crippen LogP contribution is 2.29. The topological polar surface area (TPSA) is 73.1 Å². The molecule has 0 fully saturated rings. The predicted octanol–water partition coefficient (Wildman–Crippen LogP) is 3.68. The third-order valence-electron chi connectivity index (χ3n) is 3.36. The van der Waals surface area contributed by atoms with Crippen LogP contribution in [0, 0.1) is 13.8 Å². The summed E-state index contributed by atoms with van der Waals surface area (Å²) in [5.74, 6) is 1.73. The summed E-state index contributed by atoms with van der Waals surface area (Å²) in [7, 11) is 0. The predicted molar refractivity (Wildman–Crippen MR) is 85.8 cm³/mol. The van der Waals surface area contributed by atoms with Crippen molar-refractivity contribution >= 4 is 11.5 Å². The van der Waals surface area contributed by atoms with Gasteiger partial charge in [0.15, 0.2) is 5.82 Å². The van der Waals surface area contributed by atoms with Crippen molar-refractivity contribution < 1.29 is 4.74 Å².